The van der Waals surface area contributed by atoms with Gasteiger partial charge in [0.25, 0.3) is 0 Å². The summed E-state index contributed by atoms with van der Waals surface area (Å²) in [5.41, 5.74) is 2.88. The average Bonchev–Trinajstić information content (AvgIpc) is 3.06. The molecular formula is C23H26N2O3. The standard InChI is InChI=1S/C23H26N2O3/c1-16-14-17(7-8-20(16)27-3)23-10-9-18(15-21(23)25(2)13-11-23)28-22(26)19-6-4-5-12-24-19/h4-8,12,14-15,21H,9-11,13H2,1-3H3. The number of rotatable bonds is 4. The molecule has 2 heterocycles. The fourth-order valence-electron chi connectivity index (χ4n) is 4.64. The molecule has 1 aliphatic carbocycles. The fourth-order valence-corrected chi connectivity index (χ4v) is 4.64. The van der Waals surface area contributed by atoms with E-state index in [1.165, 1.54) is 5.56 Å². The third kappa shape index (κ3) is 3.20. The van der Waals surface area contributed by atoms with Gasteiger partial charge in [-0.1, -0.05) is 18.2 Å². The highest BCUT2D eigenvalue weighted by atomic mass is 16.5. The average molecular weight is 378 g/mol. The van der Waals surface area contributed by atoms with Crippen LogP contribution in [0.4, 0.5) is 0 Å². The molecule has 2 aliphatic rings. The number of benzene rings is 1. The monoisotopic (exact) mass is 378 g/mol. The van der Waals surface area contributed by atoms with E-state index in [0.717, 1.165) is 42.9 Å². The van der Waals surface area contributed by atoms with E-state index in [2.05, 4.69) is 48.1 Å². The molecule has 2 aromatic rings. The van der Waals surface area contributed by atoms with E-state index in [9.17, 15) is 4.79 Å². The molecule has 1 aliphatic heterocycles. The molecule has 5 nitrogen and oxygen atoms in total. The van der Waals surface area contributed by atoms with Crippen LogP contribution in [0.1, 0.15) is 40.9 Å². The molecule has 1 aromatic heterocycles. The third-order valence-corrected chi connectivity index (χ3v) is 6.18. The normalized spacial score (nSPS) is 24.4. The highest BCUT2D eigenvalue weighted by molar-refractivity contribution is 5.87. The number of hydrogen-bond donors (Lipinski definition) is 0. The van der Waals surface area contributed by atoms with Crippen LogP contribution >= 0.6 is 0 Å². The van der Waals surface area contributed by atoms with Gasteiger partial charge in [0.15, 0.2) is 0 Å². The number of aromatic nitrogens is 1. The van der Waals surface area contributed by atoms with Gasteiger partial charge in [-0.05, 0) is 68.8 Å². The highest BCUT2D eigenvalue weighted by Gasteiger charge is 2.48. The van der Waals surface area contributed by atoms with E-state index in [0.29, 0.717) is 5.69 Å². The number of fused-ring (bicyclic) bond motifs is 1. The molecule has 2 unspecified atom stereocenters. The number of nitrogens with zero attached hydrogens (tertiary/aromatic N) is 2. The lowest BCUT2D eigenvalue weighted by molar-refractivity contribution is 0.0586. The Kier molecular flexibility index (Phi) is 4.94. The molecule has 0 amide bonds. The lowest BCUT2D eigenvalue weighted by Crippen LogP contribution is -2.42. The van der Waals surface area contributed by atoms with E-state index in [-0.39, 0.29) is 17.4 Å². The summed E-state index contributed by atoms with van der Waals surface area (Å²) in [6.07, 6.45) is 6.53. The van der Waals surface area contributed by atoms with Crippen LogP contribution in [0, 0.1) is 6.92 Å². The molecule has 0 radical (unpaired) electrons. The number of carbonyl (C=O) groups is 1. The maximum Gasteiger partial charge on any atom is 0.361 e. The van der Waals surface area contributed by atoms with Gasteiger partial charge in [0.05, 0.1) is 7.11 Å². The number of pyridine rings is 1. The van der Waals surface area contributed by atoms with Crippen LogP contribution in [0.3, 0.4) is 0 Å². The minimum absolute atomic E-state index is 0.0483. The lowest BCUT2D eigenvalue weighted by atomic mass is 9.68. The second kappa shape index (κ2) is 7.40. The molecule has 1 fully saturated rings. The number of methoxy groups -OCH3 is 1. The second-order valence-corrected chi connectivity index (χ2v) is 7.75. The zero-order valence-electron chi connectivity index (χ0n) is 16.6. The van der Waals surface area contributed by atoms with E-state index in [1.807, 2.05) is 0 Å². The SMILES string of the molecule is COc1ccc(C23CCC(OC(=O)c4ccccn4)=CC2N(C)CC3)cc1C. The Morgan fingerprint density at radius 2 is 2.11 bits per heavy atom. The number of ether oxygens (including phenoxy) is 2. The van der Waals surface area contributed by atoms with Crippen LogP contribution in [0.15, 0.2) is 54.4 Å². The third-order valence-electron chi connectivity index (χ3n) is 6.18. The summed E-state index contributed by atoms with van der Waals surface area (Å²) in [5.74, 6) is 1.27. The van der Waals surface area contributed by atoms with Crippen molar-refractivity contribution in [3.8, 4) is 5.75 Å². The Balaban J connectivity index is 1.61. The summed E-state index contributed by atoms with van der Waals surface area (Å²) in [6.45, 7) is 3.11. The van der Waals surface area contributed by atoms with Gasteiger partial charge >= 0.3 is 5.97 Å². The molecule has 0 spiro atoms. The molecule has 1 aromatic carbocycles. The first-order valence-corrected chi connectivity index (χ1v) is 9.73. The summed E-state index contributed by atoms with van der Waals surface area (Å²) in [6, 6.07) is 12.0. The van der Waals surface area contributed by atoms with Crippen molar-refractivity contribution in [3.63, 3.8) is 0 Å². The first-order chi connectivity index (χ1) is 13.5. The molecule has 0 saturated carbocycles. The fraction of sp³-hybridized carbons (Fsp3) is 0.391. The van der Waals surface area contributed by atoms with Gasteiger partial charge in [-0.15, -0.1) is 0 Å². The zero-order valence-corrected chi connectivity index (χ0v) is 16.6. The molecule has 5 heteroatoms. The lowest BCUT2D eigenvalue weighted by Gasteiger charge is -2.40. The van der Waals surface area contributed by atoms with Crippen molar-refractivity contribution in [2.45, 2.75) is 37.6 Å². The number of aryl methyl sites for hydroxylation is 1. The van der Waals surface area contributed by atoms with Crippen molar-refractivity contribution in [1.29, 1.82) is 0 Å². The minimum atomic E-state index is -0.389. The first-order valence-electron chi connectivity index (χ1n) is 9.73. The summed E-state index contributed by atoms with van der Waals surface area (Å²) in [4.78, 5) is 18.8. The van der Waals surface area contributed by atoms with Crippen LogP contribution in [0.2, 0.25) is 0 Å². The van der Waals surface area contributed by atoms with Crippen molar-refractivity contribution < 1.29 is 14.3 Å². The number of allylic oxidation sites excluding steroid dienone is 1. The Hall–Kier alpha value is -2.66. The zero-order chi connectivity index (χ0) is 19.7. The number of likely N-dealkylation sites (N-methyl/N-ethyl adjacent to an activating group) is 1. The molecule has 1 saturated heterocycles. The van der Waals surface area contributed by atoms with Gasteiger partial charge in [-0.25, -0.2) is 9.78 Å². The largest absolute Gasteiger partial charge is 0.496 e. The predicted octanol–water partition coefficient (Wildman–Crippen LogP) is 3.88. The van der Waals surface area contributed by atoms with Crippen molar-refractivity contribution in [2.75, 3.05) is 20.7 Å². The molecule has 4 rings (SSSR count). The van der Waals surface area contributed by atoms with Crippen LogP contribution < -0.4 is 4.74 Å². The summed E-state index contributed by atoms with van der Waals surface area (Å²) in [5, 5.41) is 0. The van der Waals surface area contributed by atoms with Crippen LogP contribution in [-0.2, 0) is 10.2 Å². The first kappa shape index (κ1) is 18.7. The smallest absolute Gasteiger partial charge is 0.361 e. The quantitative estimate of drug-likeness (QED) is 0.756. The Morgan fingerprint density at radius 3 is 2.82 bits per heavy atom. The summed E-state index contributed by atoms with van der Waals surface area (Å²) in [7, 11) is 3.85. The van der Waals surface area contributed by atoms with Crippen molar-refractivity contribution >= 4 is 5.97 Å². The second-order valence-electron chi connectivity index (χ2n) is 7.75. The van der Waals surface area contributed by atoms with Crippen LogP contribution in [0.5, 0.6) is 5.75 Å². The Morgan fingerprint density at radius 1 is 1.25 bits per heavy atom. The van der Waals surface area contributed by atoms with Gasteiger partial charge in [0.1, 0.15) is 17.2 Å². The molecule has 0 N–H and O–H groups in total. The summed E-state index contributed by atoms with van der Waals surface area (Å²) < 4.78 is 11.1. The number of hydrogen-bond acceptors (Lipinski definition) is 5. The molecule has 2 atom stereocenters. The van der Waals surface area contributed by atoms with Crippen LogP contribution in [0.25, 0.3) is 0 Å². The maximum atomic E-state index is 12.4. The molecule has 146 valence electrons. The molecular weight excluding hydrogens is 352 g/mol. The number of carbonyl (C=O) groups excluding carboxylic acids is 1. The van der Waals surface area contributed by atoms with Crippen molar-refractivity contribution in [1.82, 2.24) is 9.88 Å². The van der Waals surface area contributed by atoms with E-state index in [1.54, 1.807) is 31.5 Å². The van der Waals surface area contributed by atoms with E-state index < -0.39 is 0 Å². The van der Waals surface area contributed by atoms with Crippen LogP contribution in [-0.4, -0.2) is 42.6 Å². The molecule has 28 heavy (non-hydrogen) atoms. The number of esters is 1. The highest BCUT2D eigenvalue weighted by Crippen LogP contribution is 2.48. The van der Waals surface area contributed by atoms with Gasteiger partial charge < -0.3 is 9.47 Å². The topological polar surface area (TPSA) is 51.7 Å². The molecule has 0 bridgehead atoms. The van der Waals surface area contributed by atoms with E-state index in [4.69, 9.17) is 9.47 Å². The van der Waals surface area contributed by atoms with Crippen molar-refractivity contribution in [3.05, 3.63) is 71.3 Å². The Bertz CT molecular complexity index is 909. The van der Waals surface area contributed by atoms with Gasteiger partial charge in [-0.2, -0.15) is 0 Å². The maximum absolute atomic E-state index is 12.4. The Labute approximate surface area is 166 Å². The number of likely N-dealkylation sites (tertiary alicyclic amines) is 1. The minimum Gasteiger partial charge on any atom is -0.496 e. The van der Waals surface area contributed by atoms with Gasteiger partial charge in [0.2, 0.25) is 0 Å². The van der Waals surface area contributed by atoms with Gasteiger partial charge in [-0.3, -0.25) is 4.90 Å². The summed E-state index contributed by atoms with van der Waals surface area (Å²) >= 11 is 0. The van der Waals surface area contributed by atoms with E-state index >= 15 is 0 Å². The van der Waals surface area contributed by atoms with Crippen molar-refractivity contribution in [2.24, 2.45) is 0 Å². The van der Waals surface area contributed by atoms with Gasteiger partial charge in [0, 0.05) is 24.1 Å². The predicted molar refractivity (Wildman–Crippen MR) is 107 cm³/mol.